The SMILES string of the molecule is CC(C)[C@H](NCC(=O)Nc1ccccc1)c1ccc(F)cc1. The van der Waals surface area contributed by atoms with Gasteiger partial charge >= 0.3 is 0 Å². The van der Waals surface area contributed by atoms with Crippen LogP contribution in [0.15, 0.2) is 54.6 Å². The summed E-state index contributed by atoms with van der Waals surface area (Å²) in [7, 11) is 0. The van der Waals surface area contributed by atoms with Gasteiger partial charge < -0.3 is 10.6 Å². The molecule has 0 aliphatic rings. The number of rotatable bonds is 6. The van der Waals surface area contributed by atoms with Crippen LogP contribution < -0.4 is 10.6 Å². The first-order valence-corrected chi connectivity index (χ1v) is 7.40. The van der Waals surface area contributed by atoms with E-state index in [9.17, 15) is 9.18 Å². The normalized spacial score (nSPS) is 12.2. The van der Waals surface area contributed by atoms with E-state index in [4.69, 9.17) is 0 Å². The van der Waals surface area contributed by atoms with Crippen molar-refractivity contribution in [2.45, 2.75) is 19.9 Å². The third kappa shape index (κ3) is 4.67. The van der Waals surface area contributed by atoms with Crippen LogP contribution in [0.3, 0.4) is 0 Å². The van der Waals surface area contributed by atoms with Gasteiger partial charge in [0, 0.05) is 11.7 Å². The first kappa shape index (κ1) is 16.2. The fourth-order valence-electron chi connectivity index (χ4n) is 2.34. The predicted octanol–water partition coefficient (Wildman–Crippen LogP) is 3.75. The van der Waals surface area contributed by atoms with E-state index >= 15 is 0 Å². The molecule has 0 aliphatic heterocycles. The van der Waals surface area contributed by atoms with Gasteiger partial charge in [0.05, 0.1) is 6.54 Å². The van der Waals surface area contributed by atoms with Crippen molar-refractivity contribution >= 4 is 11.6 Å². The molecular formula is C18H21FN2O. The van der Waals surface area contributed by atoms with Crippen LogP contribution in [0.1, 0.15) is 25.5 Å². The summed E-state index contributed by atoms with van der Waals surface area (Å²) in [5, 5.41) is 6.08. The third-order valence-electron chi connectivity index (χ3n) is 3.44. The van der Waals surface area contributed by atoms with Gasteiger partial charge in [-0.2, -0.15) is 0 Å². The number of carbonyl (C=O) groups is 1. The number of hydrogen-bond donors (Lipinski definition) is 2. The van der Waals surface area contributed by atoms with Gasteiger partial charge in [-0.3, -0.25) is 4.79 Å². The van der Waals surface area contributed by atoms with E-state index in [1.807, 2.05) is 30.3 Å². The van der Waals surface area contributed by atoms with Gasteiger partial charge in [0.2, 0.25) is 5.91 Å². The van der Waals surface area contributed by atoms with Gasteiger partial charge in [-0.1, -0.05) is 44.2 Å². The van der Waals surface area contributed by atoms with Crippen LogP contribution in [0.4, 0.5) is 10.1 Å². The van der Waals surface area contributed by atoms with Crippen molar-refractivity contribution < 1.29 is 9.18 Å². The predicted molar refractivity (Wildman–Crippen MR) is 87.1 cm³/mol. The van der Waals surface area contributed by atoms with E-state index in [-0.39, 0.29) is 30.2 Å². The standard InChI is InChI=1S/C18H21FN2O/c1-13(2)18(14-8-10-15(19)11-9-14)20-12-17(22)21-16-6-4-3-5-7-16/h3-11,13,18,20H,12H2,1-2H3,(H,21,22)/t18-/m0/s1. The summed E-state index contributed by atoms with van der Waals surface area (Å²) in [6, 6.07) is 15.7. The van der Waals surface area contributed by atoms with E-state index in [1.54, 1.807) is 12.1 Å². The third-order valence-corrected chi connectivity index (χ3v) is 3.44. The summed E-state index contributed by atoms with van der Waals surface area (Å²) in [5.74, 6) is -0.0676. The number of hydrogen-bond acceptors (Lipinski definition) is 2. The molecule has 1 amide bonds. The van der Waals surface area contributed by atoms with Gasteiger partial charge in [0.1, 0.15) is 5.82 Å². The maximum absolute atomic E-state index is 13.0. The molecule has 22 heavy (non-hydrogen) atoms. The summed E-state index contributed by atoms with van der Waals surface area (Å²) in [6.45, 7) is 4.33. The molecule has 0 heterocycles. The quantitative estimate of drug-likeness (QED) is 0.853. The molecular weight excluding hydrogens is 279 g/mol. The smallest absolute Gasteiger partial charge is 0.238 e. The summed E-state index contributed by atoms with van der Waals surface area (Å²) < 4.78 is 13.0. The van der Waals surface area contributed by atoms with Gasteiger partial charge in [-0.05, 0) is 35.7 Å². The molecule has 2 rings (SSSR count). The Morgan fingerprint density at radius 1 is 1.05 bits per heavy atom. The number of halogens is 1. The average Bonchev–Trinajstić information content (AvgIpc) is 2.50. The van der Waals surface area contributed by atoms with Crippen LogP contribution in [-0.4, -0.2) is 12.5 Å². The molecule has 2 aromatic rings. The van der Waals surface area contributed by atoms with Crippen molar-refractivity contribution in [1.29, 1.82) is 0 Å². The Morgan fingerprint density at radius 3 is 2.27 bits per heavy atom. The zero-order valence-electron chi connectivity index (χ0n) is 12.8. The Hall–Kier alpha value is -2.20. The molecule has 0 bridgehead atoms. The zero-order chi connectivity index (χ0) is 15.9. The van der Waals surface area contributed by atoms with Crippen LogP contribution in [0.2, 0.25) is 0 Å². The topological polar surface area (TPSA) is 41.1 Å². The lowest BCUT2D eigenvalue weighted by Crippen LogP contribution is -2.33. The first-order chi connectivity index (χ1) is 10.6. The minimum atomic E-state index is -0.256. The van der Waals surface area contributed by atoms with Gasteiger partial charge in [0.25, 0.3) is 0 Å². The lowest BCUT2D eigenvalue weighted by molar-refractivity contribution is -0.115. The van der Waals surface area contributed by atoms with Crippen molar-refractivity contribution in [3.8, 4) is 0 Å². The number of anilines is 1. The molecule has 0 aromatic heterocycles. The maximum atomic E-state index is 13.0. The second-order valence-electron chi connectivity index (χ2n) is 5.57. The number of carbonyl (C=O) groups excluding carboxylic acids is 1. The van der Waals surface area contributed by atoms with Crippen molar-refractivity contribution in [3.63, 3.8) is 0 Å². The average molecular weight is 300 g/mol. The van der Waals surface area contributed by atoms with E-state index in [1.165, 1.54) is 12.1 Å². The van der Waals surface area contributed by atoms with Crippen molar-refractivity contribution in [1.82, 2.24) is 5.32 Å². The molecule has 0 spiro atoms. The van der Waals surface area contributed by atoms with Crippen LogP contribution in [0.5, 0.6) is 0 Å². The molecule has 1 atom stereocenters. The fourth-order valence-corrected chi connectivity index (χ4v) is 2.34. The minimum Gasteiger partial charge on any atom is -0.325 e. The minimum absolute atomic E-state index is 0.00197. The fraction of sp³-hybridized carbons (Fsp3) is 0.278. The van der Waals surface area contributed by atoms with Gasteiger partial charge in [0.15, 0.2) is 0 Å². The Kier molecular flexibility index (Phi) is 5.67. The van der Waals surface area contributed by atoms with Gasteiger partial charge in [-0.25, -0.2) is 4.39 Å². The lowest BCUT2D eigenvalue weighted by Gasteiger charge is -2.22. The van der Waals surface area contributed by atoms with Crippen LogP contribution in [-0.2, 0) is 4.79 Å². The highest BCUT2D eigenvalue weighted by Crippen LogP contribution is 2.21. The Labute approximate surface area is 130 Å². The molecule has 0 unspecified atom stereocenters. The second-order valence-corrected chi connectivity index (χ2v) is 5.57. The molecule has 116 valence electrons. The summed E-state index contributed by atoms with van der Waals surface area (Å²) in [5.41, 5.74) is 1.75. The highest BCUT2D eigenvalue weighted by Gasteiger charge is 2.16. The van der Waals surface area contributed by atoms with Crippen LogP contribution in [0, 0.1) is 11.7 Å². The molecule has 0 saturated heterocycles. The summed E-state index contributed by atoms with van der Waals surface area (Å²) in [4.78, 5) is 12.0. The molecule has 0 fully saturated rings. The van der Waals surface area contributed by atoms with E-state index in [2.05, 4.69) is 24.5 Å². The monoisotopic (exact) mass is 300 g/mol. The molecule has 2 N–H and O–H groups in total. The van der Waals surface area contributed by atoms with Crippen molar-refractivity contribution in [2.75, 3.05) is 11.9 Å². The van der Waals surface area contributed by atoms with Crippen molar-refractivity contribution in [2.24, 2.45) is 5.92 Å². The van der Waals surface area contributed by atoms with Crippen molar-refractivity contribution in [3.05, 3.63) is 66.0 Å². The Bertz CT molecular complexity index is 596. The number of para-hydroxylation sites is 1. The molecule has 0 radical (unpaired) electrons. The number of amides is 1. The Morgan fingerprint density at radius 2 is 1.68 bits per heavy atom. The maximum Gasteiger partial charge on any atom is 0.238 e. The van der Waals surface area contributed by atoms with Gasteiger partial charge in [-0.15, -0.1) is 0 Å². The zero-order valence-corrected chi connectivity index (χ0v) is 12.8. The molecule has 4 heteroatoms. The van der Waals surface area contributed by atoms with E-state index in [0.29, 0.717) is 0 Å². The first-order valence-electron chi connectivity index (χ1n) is 7.40. The van der Waals surface area contributed by atoms with E-state index < -0.39 is 0 Å². The highest BCUT2D eigenvalue weighted by molar-refractivity contribution is 5.92. The second kappa shape index (κ2) is 7.71. The summed E-state index contributed by atoms with van der Waals surface area (Å²) >= 11 is 0. The van der Waals surface area contributed by atoms with Crippen LogP contribution in [0.25, 0.3) is 0 Å². The molecule has 0 aliphatic carbocycles. The Balaban J connectivity index is 1.94. The molecule has 3 nitrogen and oxygen atoms in total. The number of benzene rings is 2. The summed E-state index contributed by atoms with van der Waals surface area (Å²) in [6.07, 6.45) is 0. The largest absolute Gasteiger partial charge is 0.325 e. The lowest BCUT2D eigenvalue weighted by atomic mass is 9.96. The number of nitrogens with one attached hydrogen (secondary N) is 2. The van der Waals surface area contributed by atoms with Crippen LogP contribution >= 0.6 is 0 Å². The molecule has 0 saturated carbocycles. The molecule has 2 aromatic carbocycles. The highest BCUT2D eigenvalue weighted by atomic mass is 19.1. The van der Waals surface area contributed by atoms with E-state index in [0.717, 1.165) is 11.3 Å².